The SMILES string of the molecule is [2H]C([2H])([2H])n1cc(C[C@@H](NC(=O)OC(C)(C)C)C(=O)NC(C)(C)C([2H])([2H])n2nc(C(F)(F)F)cc2-c2cc(F)c(=O)n(C([2H])([2H])[2H])c2)cn1. The maximum Gasteiger partial charge on any atom is 0.435 e. The number of aromatic nitrogens is 5. The predicted molar refractivity (Wildman–Crippen MR) is 140 cm³/mol. The zero-order chi connectivity index (χ0) is 37.7. The van der Waals surface area contributed by atoms with Gasteiger partial charge in [-0.15, -0.1) is 0 Å². The van der Waals surface area contributed by atoms with Gasteiger partial charge in [-0.1, -0.05) is 0 Å². The minimum Gasteiger partial charge on any atom is -0.444 e. The molecule has 0 saturated heterocycles. The zero-order valence-corrected chi connectivity index (χ0v) is 22.6. The Labute approximate surface area is 244 Å². The van der Waals surface area contributed by atoms with Gasteiger partial charge < -0.3 is 19.9 Å². The van der Waals surface area contributed by atoms with Gasteiger partial charge in [0.05, 0.1) is 26.7 Å². The molecule has 15 heteroatoms. The number of hydrogen-bond acceptors (Lipinski definition) is 6. The van der Waals surface area contributed by atoms with E-state index in [4.69, 9.17) is 15.7 Å². The van der Waals surface area contributed by atoms with Crippen LogP contribution in [0.1, 0.15) is 56.8 Å². The lowest BCUT2D eigenvalue weighted by atomic mass is 10.0. The van der Waals surface area contributed by atoms with Crippen molar-refractivity contribution in [1.82, 2.24) is 34.8 Å². The average Bonchev–Trinajstić information content (AvgIpc) is 3.56. The average molecular weight is 592 g/mol. The van der Waals surface area contributed by atoms with Crippen molar-refractivity contribution < 1.29 is 42.9 Å². The molecule has 0 unspecified atom stereocenters. The van der Waals surface area contributed by atoms with Crippen molar-refractivity contribution >= 4 is 12.0 Å². The Morgan fingerprint density at radius 3 is 2.44 bits per heavy atom. The molecule has 2 N–H and O–H groups in total. The standard InChI is InChI=1S/C26H33F4N7O4/c1-24(2,3)41-23(40)32-18(8-15-11-31-36(7)12-15)21(38)33-25(4,5)14-37-19(10-20(34-37)26(28,29)30)16-9-17(27)22(39)35(6)13-16/h9-13,18H,8,14H2,1-7H3,(H,32,40)(H,33,38)/t18-/m1/s1/i6D3,7D3,14D2. The van der Waals surface area contributed by atoms with E-state index in [2.05, 4.69) is 20.8 Å². The third-order valence-corrected chi connectivity index (χ3v) is 5.17. The van der Waals surface area contributed by atoms with Gasteiger partial charge in [-0.3, -0.25) is 19.0 Å². The molecular formula is C26H33F4N7O4. The van der Waals surface area contributed by atoms with E-state index in [0.717, 1.165) is 26.2 Å². The molecule has 41 heavy (non-hydrogen) atoms. The molecule has 0 spiro atoms. The van der Waals surface area contributed by atoms with Gasteiger partial charge in [-0.25, -0.2) is 9.18 Å². The largest absolute Gasteiger partial charge is 0.444 e. The number of aryl methyl sites for hydroxylation is 2. The summed E-state index contributed by atoms with van der Waals surface area (Å²) in [4.78, 5) is 38.5. The molecule has 0 saturated carbocycles. The van der Waals surface area contributed by atoms with Crippen LogP contribution in [0, 0.1) is 5.82 Å². The number of pyridine rings is 1. The Hall–Kier alpha value is -4.17. The summed E-state index contributed by atoms with van der Waals surface area (Å²) in [5.74, 6) is -2.77. The molecule has 0 fully saturated rings. The Morgan fingerprint density at radius 1 is 1.15 bits per heavy atom. The summed E-state index contributed by atoms with van der Waals surface area (Å²) >= 11 is 0. The fraction of sp³-hybridized carbons (Fsp3) is 0.500. The van der Waals surface area contributed by atoms with Gasteiger partial charge in [0.25, 0.3) is 5.56 Å². The lowest BCUT2D eigenvalue weighted by Crippen LogP contribution is -2.55. The Balaban J connectivity index is 2.09. The van der Waals surface area contributed by atoms with Gasteiger partial charge in [-0.2, -0.15) is 23.4 Å². The maximum absolute atomic E-state index is 14.6. The molecule has 1 atom stereocenters. The Kier molecular flexibility index (Phi) is 5.98. The van der Waals surface area contributed by atoms with Crippen LogP contribution < -0.4 is 16.2 Å². The summed E-state index contributed by atoms with van der Waals surface area (Å²) < 4.78 is 125. The van der Waals surface area contributed by atoms with Crippen molar-refractivity contribution in [3.63, 3.8) is 0 Å². The zero-order valence-electron chi connectivity index (χ0n) is 30.6. The van der Waals surface area contributed by atoms with E-state index < -0.39 is 90.6 Å². The fourth-order valence-corrected chi connectivity index (χ4v) is 3.55. The van der Waals surface area contributed by atoms with Crippen molar-refractivity contribution in [2.45, 2.75) is 70.9 Å². The van der Waals surface area contributed by atoms with Crippen LogP contribution in [0.3, 0.4) is 0 Å². The molecule has 0 aromatic carbocycles. The number of alkyl carbamates (subject to hydrolysis) is 1. The van der Waals surface area contributed by atoms with E-state index in [9.17, 15) is 31.9 Å². The van der Waals surface area contributed by atoms with Gasteiger partial charge in [0.1, 0.15) is 11.6 Å². The van der Waals surface area contributed by atoms with Crippen LogP contribution in [0.25, 0.3) is 11.3 Å². The summed E-state index contributed by atoms with van der Waals surface area (Å²) in [6.45, 7) is -2.36. The normalized spacial score (nSPS) is 17.0. The van der Waals surface area contributed by atoms with Gasteiger partial charge in [0.15, 0.2) is 11.5 Å². The number of ether oxygens (including phenoxy) is 1. The lowest BCUT2D eigenvalue weighted by Gasteiger charge is -2.30. The second kappa shape index (κ2) is 11.4. The highest BCUT2D eigenvalue weighted by Gasteiger charge is 2.37. The van der Waals surface area contributed by atoms with E-state index in [-0.39, 0.29) is 14.8 Å². The molecular weight excluding hydrogens is 550 g/mol. The molecule has 0 aliphatic heterocycles. The third kappa shape index (κ3) is 8.41. The van der Waals surface area contributed by atoms with E-state index in [0.29, 0.717) is 23.0 Å². The summed E-state index contributed by atoms with van der Waals surface area (Å²) in [6.07, 6.45) is -3.95. The van der Waals surface area contributed by atoms with Crippen LogP contribution in [0.15, 0.2) is 35.5 Å². The monoisotopic (exact) mass is 591 g/mol. The van der Waals surface area contributed by atoms with Crippen molar-refractivity contribution in [3.8, 4) is 11.3 Å². The van der Waals surface area contributed by atoms with Crippen molar-refractivity contribution in [1.29, 1.82) is 0 Å². The fourth-order valence-electron chi connectivity index (χ4n) is 3.55. The van der Waals surface area contributed by atoms with Crippen molar-refractivity contribution in [2.24, 2.45) is 14.0 Å². The topological polar surface area (TPSA) is 125 Å². The number of nitrogens with zero attached hydrogens (tertiary/aromatic N) is 5. The predicted octanol–water partition coefficient (Wildman–Crippen LogP) is 3.17. The summed E-state index contributed by atoms with van der Waals surface area (Å²) in [6, 6.07) is -0.854. The molecule has 0 radical (unpaired) electrons. The van der Waals surface area contributed by atoms with Crippen molar-refractivity contribution in [2.75, 3.05) is 0 Å². The van der Waals surface area contributed by atoms with Gasteiger partial charge in [0, 0.05) is 46.6 Å². The van der Waals surface area contributed by atoms with Crippen LogP contribution in [0.4, 0.5) is 22.4 Å². The number of carbonyl (C=O) groups is 2. The first kappa shape index (κ1) is 21.6. The second-order valence-electron chi connectivity index (χ2n) is 10.5. The quantitative estimate of drug-likeness (QED) is 0.388. The van der Waals surface area contributed by atoms with E-state index in [1.54, 1.807) is 0 Å². The first-order valence-electron chi connectivity index (χ1n) is 15.9. The number of carbonyl (C=O) groups excluding carboxylic acids is 2. The first-order valence-corrected chi connectivity index (χ1v) is 11.9. The number of halogens is 4. The molecule has 3 rings (SSSR count). The minimum absolute atomic E-state index is 0.0495. The highest BCUT2D eigenvalue weighted by Crippen LogP contribution is 2.32. The molecule has 0 bridgehead atoms. The number of alkyl halides is 3. The first-order chi connectivity index (χ1) is 21.9. The Morgan fingerprint density at radius 2 is 1.85 bits per heavy atom. The van der Waals surface area contributed by atoms with E-state index in [1.165, 1.54) is 20.8 Å². The molecule has 3 aromatic rings. The van der Waals surface area contributed by atoms with Crippen LogP contribution in [0.2, 0.25) is 0 Å². The molecule has 11 nitrogen and oxygen atoms in total. The smallest absolute Gasteiger partial charge is 0.435 e. The molecule has 3 aromatic heterocycles. The highest BCUT2D eigenvalue weighted by atomic mass is 19.4. The number of rotatable bonds is 8. The molecule has 2 amide bonds. The van der Waals surface area contributed by atoms with Gasteiger partial charge >= 0.3 is 12.3 Å². The summed E-state index contributed by atoms with van der Waals surface area (Å²) in [5, 5.41) is 11.7. The van der Waals surface area contributed by atoms with Crippen LogP contribution >= 0.6 is 0 Å². The molecule has 224 valence electrons. The second-order valence-corrected chi connectivity index (χ2v) is 10.5. The lowest BCUT2D eigenvalue weighted by molar-refractivity contribution is -0.141. The molecule has 3 heterocycles. The van der Waals surface area contributed by atoms with Crippen LogP contribution in [0.5, 0.6) is 0 Å². The number of amides is 2. The summed E-state index contributed by atoms with van der Waals surface area (Å²) in [7, 11) is 0. The van der Waals surface area contributed by atoms with Crippen molar-refractivity contribution in [3.05, 3.63) is 58.2 Å². The summed E-state index contributed by atoms with van der Waals surface area (Å²) in [5.41, 5.74) is -7.87. The maximum atomic E-state index is 14.6. The van der Waals surface area contributed by atoms with Crippen LogP contribution in [-0.2, 0) is 42.6 Å². The Bertz CT molecular complexity index is 1770. The minimum atomic E-state index is -5.18. The number of nitrogens with one attached hydrogen (secondary N) is 2. The van der Waals surface area contributed by atoms with E-state index in [1.807, 2.05) is 0 Å². The number of hydrogen-bond donors (Lipinski definition) is 2. The molecule has 0 aliphatic rings. The molecule has 0 aliphatic carbocycles. The van der Waals surface area contributed by atoms with Gasteiger partial charge in [0.2, 0.25) is 5.91 Å². The third-order valence-electron chi connectivity index (χ3n) is 5.17. The van der Waals surface area contributed by atoms with Crippen LogP contribution in [-0.4, -0.2) is 53.3 Å². The van der Waals surface area contributed by atoms with Gasteiger partial charge in [-0.05, 0) is 52.3 Å². The highest BCUT2D eigenvalue weighted by molar-refractivity contribution is 5.86. The van der Waals surface area contributed by atoms with E-state index >= 15 is 0 Å².